The number of nitrogens with one attached hydrogen (secondary N) is 2. The zero-order chi connectivity index (χ0) is 19.1. The Kier molecular flexibility index (Phi) is 4.26. The van der Waals surface area contributed by atoms with Crippen LogP contribution in [0, 0.1) is 23.2 Å². The Morgan fingerprint density at radius 2 is 1.61 bits per heavy atom. The summed E-state index contributed by atoms with van der Waals surface area (Å²) in [7, 11) is 0. The maximum Gasteiger partial charge on any atom is 0.243 e. The van der Waals surface area contributed by atoms with Crippen molar-refractivity contribution in [1.82, 2.24) is 9.88 Å². The van der Waals surface area contributed by atoms with Gasteiger partial charge in [-0.05, 0) is 86.6 Å². The predicted octanol–water partition coefficient (Wildman–Crippen LogP) is 3.75. The summed E-state index contributed by atoms with van der Waals surface area (Å²) >= 11 is 0. The maximum absolute atomic E-state index is 13.0. The van der Waals surface area contributed by atoms with E-state index < -0.39 is 0 Å². The molecule has 1 aromatic heterocycles. The number of benzene rings is 1. The summed E-state index contributed by atoms with van der Waals surface area (Å²) in [6.45, 7) is 0.0360. The van der Waals surface area contributed by atoms with Gasteiger partial charge in [-0.25, -0.2) is 0 Å². The number of anilines is 1. The third-order valence-corrected chi connectivity index (χ3v) is 6.96. The molecule has 4 bridgehead atoms. The van der Waals surface area contributed by atoms with Crippen LogP contribution in [0.1, 0.15) is 38.5 Å². The van der Waals surface area contributed by atoms with E-state index in [0.717, 1.165) is 48.4 Å². The van der Waals surface area contributed by atoms with Crippen LogP contribution in [0.15, 0.2) is 48.8 Å². The first-order valence-electron chi connectivity index (χ1n) is 10.4. The van der Waals surface area contributed by atoms with E-state index in [4.69, 9.17) is 0 Å². The van der Waals surface area contributed by atoms with Gasteiger partial charge in [-0.1, -0.05) is 6.07 Å². The molecular weight excluding hydrogens is 350 g/mol. The van der Waals surface area contributed by atoms with Crippen molar-refractivity contribution >= 4 is 17.5 Å². The topological polar surface area (TPSA) is 63.1 Å². The van der Waals surface area contributed by atoms with E-state index in [1.54, 1.807) is 0 Å². The van der Waals surface area contributed by atoms with Crippen molar-refractivity contribution in [2.45, 2.75) is 38.5 Å². The first-order chi connectivity index (χ1) is 13.6. The van der Waals surface area contributed by atoms with Gasteiger partial charge in [-0.2, -0.15) is 0 Å². The molecule has 5 nitrogen and oxygen atoms in total. The van der Waals surface area contributed by atoms with Gasteiger partial charge in [-0.3, -0.25) is 9.59 Å². The minimum Gasteiger partial charge on any atom is -0.347 e. The largest absolute Gasteiger partial charge is 0.347 e. The summed E-state index contributed by atoms with van der Waals surface area (Å²) in [5.74, 6) is 2.09. The Morgan fingerprint density at radius 1 is 0.964 bits per heavy atom. The second-order valence-electron chi connectivity index (χ2n) is 9.07. The fourth-order valence-electron chi connectivity index (χ4n) is 6.19. The minimum atomic E-state index is -0.205. The fourth-order valence-corrected chi connectivity index (χ4v) is 6.19. The van der Waals surface area contributed by atoms with Crippen LogP contribution < -0.4 is 10.6 Å². The number of hydrogen-bond donors (Lipinski definition) is 2. The number of hydrogen-bond acceptors (Lipinski definition) is 2. The minimum absolute atomic E-state index is 0.0360. The first-order valence-corrected chi connectivity index (χ1v) is 10.4. The number of rotatable bonds is 5. The van der Waals surface area contributed by atoms with E-state index in [0.29, 0.717) is 0 Å². The van der Waals surface area contributed by atoms with Crippen molar-refractivity contribution in [3.63, 3.8) is 0 Å². The SMILES string of the molecule is O=C(CNC(=O)C12CC3CC(CC(C3)C1)C2)Nc1cccc(-n2cccc2)c1. The second kappa shape index (κ2) is 6.80. The molecule has 2 amide bonds. The average Bonchev–Trinajstić information content (AvgIpc) is 3.20. The van der Waals surface area contributed by atoms with Gasteiger partial charge in [0.2, 0.25) is 11.8 Å². The standard InChI is InChI=1S/C23H27N3O2/c27-21(25-19-4-3-5-20(11-19)26-6-1-2-7-26)15-24-22(28)23-12-16-8-17(13-23)10-18(9-16)14-23/h1-7,11,16-18H,8-10,12-15H2,(H,24,28)(H,25,27). The maximum atomic E-state index is 13.0. The van der Waals surface area contributed by atoms with Crippen LogP contribution in [0.2, 0.25) is 0 Å². The van der Waals surface area contributed by atoms with E-state index in [-0.39, 0.29) is 23.8 Å². The highest BCUT2D eigenvalue weighted by Crippen LogP contribution is 2.60. The monoisotopic (exact) mass is 377 g/mol. The molecule has 0 radical (unpaired) electrons. The molecule has 5 heteroatoms. The number of aromatic nitrogens is 1. The van der Waals surface area contributed by atoms with Crippen LogP contribution >= 0.6 is 0 Å². The molecule has 0 unspecified atom stereocenters. The van der Waals surface area contributed by atoms with Gasteiger partial charge in [0.15, 0.2) is 0 Å². The third-order valence-electron chi connectivity index (χ3n) is 6.96. The predicted molar refractivity (Wildman–Crippen MR) is 108 cm³/mol. The van der Waals surface area contributed by atoms with Crippen LogP contribution in [0.5, 0.6) is 0 Å². The molecule has 4 fully saturated rings. The summed E-state index contributed by atoms with van der Waals surface area (Å²) in [5, 5.41) is 5.85. The molecule has 1 aromatic carbocycles. The van der Waals surface area contributed by atoms with E-state index >= 15 is 0 Å². The molecule has 28 heavy (non-hydrogen) atoms. The molecule has 146 valence electrons. The molecule has 0 atom stereocenters. The Balaban J connectivity index is 1.19. The van der Waals surface area contributed by atoms with Crippen LogP contribution in [0.25, 0.3) is 5.69 Å². The van der Waals surface area contributed by atoms with Gasteiger partial charge < -0.3 is 15.2 Å². The zero-order valence-electron chi connectivity index (χ0n) is 16.1. The Morgan fingerprint density at radius 3 is 2.25 bits per heavy atom. The van der Waals surface area contributed by atoms with Crippen molar-refractivity contribution in [2.24, 2.45) is 23.2 Å². The van der Waals surface area contributed by atoms with Crippen LogP contribution in [0.3, 0.4) is 0 Å². The average molecular weight is 377 g/mol. The normalized spacial score (nSPS) is 30.2. The van der Waals surface area contributed by atoms with Crippen LogP contribution in [0.4, 0.5) is 5.69 Å². The summed E-state index contributed by atoms with van der Waals surface area (Å²) in [6, 6.07) is 11.6. The van der Waals surface area contributed by atoms with E-state index in [1.165, 1.54) is 19.3 Å². The number of carbonyl (C=O) groups is 2. The highest BCUT2D eigenvalue weighted by Gasteiger charge is 2.54. The first kappa shape index (κ1) is 17.5. The molecule has 4 aliphatic carbocycles. The van der Waals surface area contributed by atoms with Crippen molar-refractivity contribution in [3.05, 3.63) is 48.8 Å². The smallest absolute Gasteiger partial charge is 0.243 e. The van der Waals surface area contributed by atoms with Crippen LogP contribution in [-0.2, 0) is 9.59 Å². The fraction of sp³-hybridized carbons (Fsp3) is 0.478. The van der Waals surface area contributed by atoms with Gasteiger partial charge >= 0.3 is 0 Å². The molecule has 0 spiro atoms. The lowest BCUT2D eigenvalue weighted by Crippen LogP contribution is -2.54. The van der Waals surface area contributed by atoms with Gasteiger partial charge in [0.25, 0.3) is 0 Å². The zero-order valence-corrected chi connectivity index (χ0v) is 16.1. The van der Waals surface area contributed by atoms with E-state index in [2.05, 4.69) is 10.6 Å². The number of nitrogens with zero attached hydrogens (tertiary/aromatic N) is 1. The molecule has 0 aliphatic heterocycles. The molecular formula is C23H27N3O2. The van der Waals surface area contributed by atoms with Gasteiger partial charge in [0.05, 0.1) is 6.54 Å². The molecule has 1 heterocycles. The summed E-state index contributed by atoms with van der Waals surface area (Å²) in [4.78, 5) is 25.4. The molecule has 4 aliphatic rings. The second-order valence-corrected chi connectivity index (χ2v) is 9.07. The molecule has 2 N–H and O–H groups in total. The quantitative estimate of drug-likeness (QED) is 0.834. The Bertz CT molecular complexity index is 852. The van der Waals surface area contributed by atoms with E-state index in [9.17, 15) is 9.59 Å². The summed E-state index contributed by atoms with van der Waals surface area (Å²) in [6.07, 6.45) is 10.9. The van der Waals surface area contributed by atoms with Crippen molar-refractivity contribution in [1.29, 1.82) is 0 Å². The van der Waals surface area contributed by atoms with Crippen LogP contribution in [-0.4, -0.2) is 22.9 Å². The highest BCUT2D eigenvalue weighted by molar-refractivity contribution is 5.95. The van der Waals surface area contributed by atoms with Gasteiger partial charge in [-0.15, -0.1) is 0 Å². The van der Waals surface area contributed by atoms with Crippen molar-refractivity contribution < 1.29 is 9.59 Å². The third kappa shape index (κ3) is 3.23. The molecule has 2 aromatic rings. The molecule has 6 rings (SSSR count). The highest BCUT2D eigenvalue weighted by atomic mass is 16.2. The number of amides is 2. The van der Waals surface area contributed by atoms with Crippen molar-refractivity contribution in [3.8, 4) is 5.69 Å². The summed E-state index contributed by atoms with van der Waals surface area (Å²) in [5.41, 5.74) is 1.52. The van der Waals surface area contributed by atoms with Gasteiger partial charge in [0.1, 0.15) is 0 Å². The van der Waals surface area contributed by atoms with E-state index in [1.807, 2.05) is 53.4 Å². The van der Waals surface area contributed by atoms with Crippen molar-refractivity contribution in [2.75, 3.05) is 11.9 Å². The lowest BCUT2D eigenvalue weighted by atomic mass is 9.49. The lowest BCUT2D eigenvalue weighted by Gasteiger charge is -2.55. The summed E-state index contributed by atoms with van der Waals surface area (Å²) < 4.78 is 1.99. The Hall–Kier alpha value is -2.56. The molecule has 0 saturated heterocycles. The lowest BCUT2D eigenvalue weighted by molar-refractivity contribution is -0.146. The molecule has 4 saturated carbocycles. The number of carbonyl (C=O) groups excluding carboxylic acids is 2. The van der Waals surface area contributed by atoms with Gasteiger partial charge in [0, 0.05) is 29.2 Å². The Labute approximate surface area is 165 Å².